The number of rotatable bonds is 6. The predicted molar refractivity (Wildman–Crippen MR) is 83.8 cm³/mol. The van der Waals surface area contributed by atoms with Crippen molar-refractivity contribution in [2.45, 2.75) is 12.8 Å². The third-order valence-corrected chi connectivity index (χ3v) is 3.55. The van der Waals surface area contributed by atoms with Crippen LogP contribution in [0.3, 0.4) is 0 Å². The lowest BCUT2D eigenvalue weighted by Gasteiger charge is -2.05. The molecule has 2 heterocycles. The Morgan fingerprint density at radius 3 is 2.81 bits per heavy atom. The van der Waals surface area contributed by atoms with Crippen molar-refractivity contribution >= 4 is 40.6 Å². The van der Waals surface area contributed by atoms with Gasteiger partial charge in [-0.2, -0.15) is 11.3 Å². The molecule has 0 aromatic carbocycles. The molecular weight excluding hydrogens is 310 g/mol. The van der Waals surface area contributed by atoms with Crippen molar-refractivity contribution in [3.8, 4) is 0 Å². The van der Waals surface area contributed by atoms with Crippen LogP contribution in [0.1, 0.15) is 23.2 Å². The zero-order valence-electron chi connectivity index (χ0n) is 11.1. The van der Waals surface area contributed by atoms with Gasteiger partial charge in [0.25, 0.3) is 5.91 Å². The first-order valence-electron chi connectivity index (χ1n) is 6.37. The van der Waals surface area contributed by atoms with Crippen LogP contribution in [-0.4, -0.2) is 23.3 Å². The summed E-state index contributed by atoms with van der Waals surface area (Å²) in [4.78, 5) is 27.3. The van der Waals surface area contributed by atoms with Crippen molar-refractivity contribution in [1.82, 2.24) is 10.3 Å². The number of amides is 2. The molecule has 0 unspecified atom stereocenters. The Kier molecular flexibility index (Phi) is 5.71. The van der Waals surface area contributed by atoms with Gasteiger partial charge in [0.2, 0.25) is 5.91 Å². The molecule has 0 aliphatic carbocycles. The van der Waals surface area contributed by atoms with E-state index in [1.54, 1.807) is 23.6 Å². The van der Waals surface area contributed by atoms with Gasteiger partial charge in [0.15, 0.2) is 0 Å². The molecule has 2 rings (SSSR count). The van der Waals surface area contributed by atoms with Gasteiger partial charge in [0.1, 0.15) is 5.82 Å². The summed E-state index contributed by atoms with van der Waals surface area (Å²) in [6.07, 6.45) is 2.35. The number of pyridine rings is 1. The minimum absolute atomic E-state index is 0.115. The van der Waals surface area contributed by atoms with E-state index in [0.29, 0.717) is 35.8 Å². The van der Waals surface area contributed by atoms with E-state index >= 15 is 0 Å². The van der Waals surface area contributed by atoms with Crippen LogP contribution in [0.2, 0.25) is 5.02 Å². The second kappa shape index (κ2) is 7.75. The Bertz CT molecular complexity index is 599. The molecule has 2 aromatic heterocycles. The van der Waals surface area contributed by atoms with Crippen LogP contribution in [0.4, 0.5) is 5.82 Å². The number of nitrogens with zero attached hydrogens (tertiary/aromatic N) is 1. The lowest BCUT2D eigenvalue weighted by atomic mass is 10.2. The Labute approximate surface area is 131 Å². The molecular formula is C14H14ClN3O2S. The van der Waals surface area contributed by atoms with Crippen LogP contribution >= 0.6 is 22.9 Å². The number of thiophene rings is 1. The second-order valence-corrected chi connectivity index (χ2v) is 5.50. The van der Waals surface area contributed by atoms with Gasteiger partial charge in [-0.3, -0.25) is 9.59 Å². The molecule has 0 radical (unpaired) electrons. The van der Waals surface area contributed by atoms with Crippen molar-refractivity contribution in [2.75, 3.05) is 11.9 Å². The first-order chi connectivity index (χ1) is 10.1. The van der Waals surface area contributed by atoms with Gasteiger partial charge in [-0.1, -0.05) is 11.6 Å². The zero-order chi connectivity index (χ0) is 15.1. The highest BCUT2D eigenvalue weighted by Gasteiger charge is 2.06. The second-order valence-electron chi connectivity index (χ2n) is 4.28. The lowest BCUT2D eigenvalue weighted by Crippen LogP contribution is -2.25. The van der Waals surface area contributed by atoms with Crippen LogP contribution in [-0.2, 0) is 4.79 Å². The number of hydrogen-bond donors (Lipinski definition) is 2. The maximum atomic E-state index is 11.7. The largest absolute Gasteiger partial charge is 0.352 e. The first kappa shape index (κ1) is 15.5. The Morgan fingerprint density at radius 1 is 1.29 bits per heavy atom. The molecule has 0 aliphatic heterocycles. The van der Waals surface area contributed by atoms with Gasteiger partial charge in [-0.05, 0) is 30.0 Å². The van der Waals surface area contributed by atoms with E-state index in [-0.39, 0.29) is 11.8 Å². The smallest absolute Gasteiger partial charge is 0.252 e. The Hall–Kier alpha value is -1.92. The molecule has 110 valence electrons. The van der Waals surface area contributed by atoms with Gasteiger partial charge >= 0.3 is 0 Å². The highest BCUT2D eigenvalue weighted by molar-refractivity contribution is 7.08. The molecule has 0 saturated heterocycles. The third-order valence-electron chi connectivity index (χ3n) is 2.64. The van der Waals surface area contributed by atoms with Crippen molar-refractivity contribution in [1.29, 1.82) is 0 Å². The average molecular weight is 324 g/mol. The molecule has 0 fully saturated rings. The molecule has 2 N–H and O–H groups in total. The maximum absolute atomic E-state index is 11.7. The Balaban J connectivity index is 1.65. The molecule has 0 atom stereocenters. The van der Waals surface area contributed by atoms with E-state index in [0.717, 1.165) is 0 Å². The summed E-state index contributed by atoms with van der Waals surface area (Å²) >= 11 is 7.18. The highest BCUT2D eigenvalue weighted by atomic mass is 35.5. The normalized spacial score (nSPS) is 10.1. The summed E-state index contributed by atoms with van der Waals surface area (Å²) in [5.41, 5.74) is 0.648. The molecule has 7 heteroatoms. The SMILES string of the molecule is O=C(CCCNC(=O)c1ccsc1)Nc1ccc(Cl)cn1. The molecule has 0 aliphatic rings. The van der Waals surface area contributed by atoms with Crippen LogP contribution in [0.15, 0.2) is 35.2 Å². The monoisotopic (exact) mass is 323 g/mol. The van der Waals surface area contributed by atoms with E-state index < -0.39 is 0 Å². The molecule has 21 heavy (non-hydrogen) atoms. The number of nitrogens with one attached hydrogen (secondary N) is 2. The fourth-order valence-corrected chi connectivity index (χ4v) is 2.35. The molecule has 2 aromatic rings. The van der Waals surface area contributed by atoms with Crippen molar-refractivity contribution < 1.29 is 9.59 Å². The number of carbonyl (C=O) groups excluding carboxylic acids is 2. The predicted octanol–water partition coefficient (Wildman–Crippen LogP) is 2.95. The number of halogens is 1. The van der Waals surface area contributed by atoms with E-state index in [2.05, 4.69) is 15.6 Å². The fourth-order valence-electron chi connectivity index (χ4n) is 1.60. The number of anilines is 1. The summed E-state index contributed by atoms with van der Waals surface area (Å²) < 4.78 is 0. The average Bonchev–Trinajstić information content (AvgIpc) is 3.00. The van der Waals surface area contributed by atoms with Gasteiger partial charge in [0, 0.05) is 30.1 Å². The van der Waals surface area contributed by atoms with Crippen LogP contribution in [0.25, 0.3) is 0 Å². The van der Waals surface area contributed by atoms with Gasteiger partial charge in [-0.25, -0.2) is 4.98 Å². The van der Waals surface area contributed by atoms with Gasteiger partial charge in [-0.15, -0.1) is 0 Å². The van der Waals surface area contributed by atoms with Crippen molar-refractivity contribution in [3.63, 3.8) is 0 Å². The molecule has 0 bridgehead atoms. The van der Waals surface area contributed by atoms with Crippen molar-refractivity contribution in [2.24, 2.45) is 0 Å². The van der Waals surface area contributed by atoms with Crippen LogP contribution in [0, 0.1) is 0 Å². The molecule has 0 spiro atoms. The quantitative estimate of drug-likeness (QED) is 0.803. The summed E-state index contributed by atoms with van der Waals surface area (Å²) in [7, 11) is 0. The van der Waals surface area contributed by atoms with E-state index in [1.165, 1.54) is 17.5 Å². The molecule has 5 nitrogen and oxygen atoms in total. The minimum atomic E-state index is -0.144. The number of carbonyl (C=O) groups is 2. The highest BCUT2D eigenvalue weighted by Crippen LogP contribution is 2.10. The van der Waals surface area contributed by atoms with Gasteiger partial charge in [0.05, 0.1) is 5.02 Å². The topological polar surface area (TPSA) is 71.1 Å². The first-order valence-corrected chi connectivity index (χ1v) is 7.69. The maximum Gasteiger partial charge on any atom is 0.252 e. The standard InChI is InChI=1S/C14H14ClN3O2S/c15-11-3-4-12(17-8-11)18-13(19)2-1-6-16-14(20)10-5-7-21-9-10/h3-5,7-9H,1-2,6H2,(H,16,20)(H,17,18,19). The number of hydrogen-bond acceptors (Lipinski definition) is 4. The fraction of sp³-hybridized carbons (Fsp3) is 0.214. The third kappa shape index (κ3) is 5.17. The van der Waals surface area contributed by atoms with Crippen LogP contribution < -0.4 is 10.6 Å². The number of aromatic nitrogens is 1. The molecule has 2 amide bonds. The van der Waals surface area contributed by atoms with E-state index in [1.807, 2.05) is 5.38 Å². The zero-order valence-corrected chi connectivity index (χ0v) is 12.7. The summed E-state index contributed by atoms with van der Waals surface area (Å²) in [5.74, 6) is 0.206. The van der Waals surface area contributed by atoms with Crippen molar-refractivity contribution in [3.05, 3.63) is 45.7 Å². The summed E-state index contributed by atoms with van der Waals surface area (Å²) in [6, 6.07) is 5.06. The van der Waals surface area contributed by atoms with Gasteiger partial charge < -0.3 is 10.6 Å². The van der Waals surface area contributed by atoms with E-state index in [4.69, 9.17) is 11.6 Å². The van der Waals surface area contributed by atoms with Crippen LogP contribution in [0.5, 0.6) is 0 Å². The summed E-state index contributed by atoms with van der Waals surface area (Å²) in [6.45, 7) is 0.455. The summed E-state index contributed by atoms with van der Waals surface area (Å²) in [5, 5.41) is 9.58. The minimum Gasteiger partial charge on any atom is -0.352 e. The Morgan fingerprint density at radius 2 is 2.14 bits per heavy atom. The molecule has 0 saturated carbocycles. The lowest BCUT2D eigenvalue weighted by molar-refractivity contribution is -0.116. The van der Waals surface area contributed by atoms with E-state index in [9.17, 15) is 9.59 Å².